The molecule has 114 valence electrons. The second-order valence-electron chi connectivity index (χ2n) is 4.76. The van der Waals surface area contributed by atoms with E-state index in [1.54, 1.807) is 32.1 Å². The summed E-state index contributed by atoms with van der Waals surface area (Å²) < 4.78 is 0. The Labute approximate surface area is 132 Å². The van der Waals surface area contributed by atoms with Crippen molar-refractivity contribution in [2.24, 2.45) is 0 Å². The zero-order valence-electron chi connectivity index (χ0n) is 12.2. The Morgan fingerprint density at radius 3 is 2.74 bits per heavy atom. The van der Waals surface area contributed by atoms with E-state index in [2.05, 4.69) is 10.3 Å². The molecule has 0 saturated heterocycles. The third-order valence-electron chi connectivity index (χ3n) is 3.11. The standard InChI is InChI=1S/C15H12BN3O4/c16-14-10(9-3-1-2-8(4-9)6-17)5-11(20)13(19-14)15(23)18-7-12(21)22/h1-5,20H,7,16H2,(H,18,23)(H,21,22). The lowest BCUT2D eigenvalue weighted by Gasteiger charge is -2.10. The number of aromatic nitrogens is 1. The van der Waals surface area contributed by atoms with Crippen molar-refractivity contribution < 1.29 is 19.8 Å². The molecule has 2 rings (SSSR count). The van der Waals surface area contributed by atoms with Crippen LogP contribution in [0.5, 0.6) is 5.75 Å². The van der Waals surface area contributed by atoms with Crippen molar-refractivity contribution in [3.8, 4) is 22.9 Å². The van der Waals surface area contributed by atoms with Gasteiger partial charge in [-0.2, -0.15) is 5.26 Å². The topological polar surface area (TPSA) is 123 Å². The Morgan fingerprint density at radius 2 is 2.09 bits per heavy atom. The number of carboxylic acids is 1. The highest BCUT2D eigenvalue weighted by molar-refractivity contribution is 6.34. The monoisotopic (exact) mass is 309 g/mol. The van der Waals surface area contributed by atoms with E-state index in [-0.39, 0.29) is 11.4 Å². The second kappa shape index (κ2) is 6.62. The summed E-state index contributed by atoms with van der Waals surface area (Å²) in [7, 11) is 1.65. The molecule has 23 heavy (non-hydrogen) atoms. The smallest absolute Gasteiger partial charge is 0.322 e. The van der Waals surface area contributed by atoms with Gasteiger partial charge < -0.3 is 15.5 Å². The molecule has 0 unspecified atom stereocenters. The molecular weight excluding hydrogens is 297 g/mol. The van der Waals surface area contributed by atoms with E-state index >= 15 is 0 Å². The highest BCUT2D eigenvalue weighted by atomic mass is 16.4. The lowest BCUT2D eigenvalue weighted by atomic mass is 9.91. The van der Waals surface area contributed by atoms with Crippen molar-refractivity contribution in [3.05, 3.63) is 41.6 Å². The number of aliphatic carboxylic acids is 1. The molecule has 2 aromatic rings. The average Bonchev–Trinajstić information content (AvgIpc) is 2.54. The van der Waals surface area contributed by atoms with Crippen LogP contribution in [0.3, 0.4) is 0 Å². The van der Waals surface area contributed by atoms with Crippen LogP contribution in [0.15, 0.2) is 30.3 Å². The molecule has 0 aliphatic rings. The fourth-order valence-corrected chi connectivity index (χ4v) is 2.05. The number of nitriles is 1. The van der Waals surface area contributed by atoms with E-state index in [1.165, 1.54) is 6.07 Å². The molecule has 8 heteroatoms. The highest BCUT2D eigenvalue weighted by Crippen LogP contribution is 2.23. The molecule has 3 N–H and O–H groups in total. The van der Waals surface area contributed by atoms with Gasteiger partial charge >= 0.3 is 5.97 Å². The van der Waals surface area contributed by atoms with Crippen LogP contribution in [0, 0.1) is 11.3 Å². The summed E-state index contributed by atoms with van der Waals surface area (Å²) in [6, 6.07) is 10.2. The molecule has 0 aliphatic heterocycles. The van der Waals surface area contributed by atoms with Gasteiger partial charge in [-0.15, -0.1) is 0 Å². The van der Waals surface area contributed by atoms with E-state index in [9.17, 15) is 14.7 Å². The first-order valence-corrected chi connectivity index (χ1v) is 6.63. The zero-order valence-corrected chi connectivity index (χ0v) is 12.2. The number of carbonyl (C=O) groups excluding carboxylic acids is 1. The number of hydrogen-bond donors (Lipinski definition) is 3. The van der Waals surface area contributed by atoms with Gasteiger partial charge in [0, 0.05) is 5.59 Å². The van der Waals surface area contributed by atoms with Crippen LogP contribution in [0.4, 0.5) is 0 Å². The first kappa shape index (κ1) is 16.0. The second-order valence-corrected chi connectivity index (χ2v) is 4.76. The van der Waals surface area contributed by atoms with E-state index in [0.29, 0.717) is 22.3 Å². The summed E-state index contributed by atoms with van der Waals surface area (Å²) in [6.07, 6.45) is 0. The van der Waals surface area contributed by atoms with Crippen LogP contribution < -0.4 is 10.9 Å². The summed E-state index contributed by atoms with van der Waals surface area (Å²) in [5.74, 6) is -2.33. The minimum Gasteiger partial charge on any atom is -0.505 e. The summed E-state index contributed by atoms with van der Waals surface area (Å²) in [6.45, 7) is -0.565. The van der Waals surface area contributed by atoms with Crippen LogP contribution >= 0.6 is 0 Å². The maximum atomic E-state index is 11.8. The predicted molar refractivity (Wildman–Crippen MR) is 84.2 cm³/mol. The van der Waals surface area contributed by atoms with E-state index in [0.717, 1.165) is 0 Å². The van der Waals surface area contributed by atoms with Gasteiger partial charge in [-0.3, -0.25) is 14.6 Å². The summed E-state index contributed by atoms with van der Waals surface area (Å²) in [5, 5.41) is 29.6. The number of amides is 1. The average molecular weight is 309 g/mol. The van der Waals surface area contributed by atoms with Gasteiger partial charge in [-0.25, -0.2) is 0 Å². The quantitative estimate of drug-likeness (QED) is 0.648. The number of hydrogen-bond acceptors (Lipinski definition) is 5. The summed E-state index contributed by atoms with van der Waals surface area (Å²) in [4.78, 5) is 26.3. The van der Waals surface area contributed by atoms with E-state index < -0.39 is 18.4 Å². The van der Waals surface area contributed by atoms with Crippen LogP contribution in [-0.2, 0) is 4.79 Å². The third-order valence-corrected chi connectivity index (χ3v) is 3.11. The van der Waals surface area contributed by atoms with Crippen LogP contribution in [0.25, 0.3) is 11.1 Å². The molecule has 0 atom stereocenters. The van der Waals surface area contributed by atoms with Crippen molar-refractivity contribution in [2.45, 2.75) is 0 Å². The minimum absolute atomic E-state index is 0.246. The summed E-state index contributed by atoms with van der Waals surface area (Å²) in [5.41, 5.74) is 1.95. The number of pyridine rings is 1. The van der Waals surface area contributed by atoms with Crippen molar-refractivity contribution in [1.29, 1.82) is 5.26 Å². The van der Waals surface area contributed by atoms with Gasteiger partial charge in [0.15, 0.2) is 13.5 Å². The van der Waals surface area contributed by atoms with Crippen molar-refractivity contribution in [1.82, 2.24) is 10.3 Å². The molecule has 0 aliphatic carbocycles. The first-order chi connectivity index (χ1) is 10.9. The number of rotatable bonds is 4. The molecule has 1 amide bonds. The van der Waals surface area contributed by atoms with Gasteiger partial charge in [0.05, 0.1) is 11.6 Å². The SMILES string of the molecule is Bc1nc(C(=O)NCC(=O)O)c(O)cc1-c1cccc(C#N)c1. The lowest BCUT2D eigenvalue weighted by Crippen LogP contribution is -2.31. The van der Waals surface area contributed by atoms with E-state index in [4.69, 9.17) is 10.4 Å². The highest BCUT2D eigenvalue weighted by Gasteiger charge is 2.17. The maximum absolute atomic E-state index is 11.8. The van der Waals surface area contributed by atoms with Crippen LogP contribution in [-0.4, -0.2) is 41.5 Å². The third kappa shape index (κ3) is 3.65. The van der Waals surface area contributed by atoms with Gasteiger partial charge in [-0.1, -0.05) is 12.1 Å². The van der Waals surface area contributed by atoms with Crippen molar-refractivity contribution in [3.63, 3.8) is 0 Å². The molecule has 0 spiro atoms. The molecule has 0 bridgehead atoms. The molecule has 0 radical (unpaired) electrons. The van der Waals surface area contributed by atoms with Crippen molar-refractivity contribution in [2.75, 3.05) is 6.54 Å². The molecule has 0 saturated carbocycles. The number of carbonyl (C=O) groups is 2. The largest absolute Gasteiger partial charge is 0.505 e. The number of carboxylic acid groups (broad SMARTS) is 1. The van der Waals surface area contributed by atoms with Gasteiger partial charge in [-0.05, 0) is 29.3 Å². The Kier molecular flexibility index (Phi) is 4.62. The van der Waals surface area contributed by atoms with Crippen LogP contribution in [0.2, 0.25) is 0 Å². The molecule has 1 heterocycles. The summed E-state index contributed by atoms with van der Waals surface area (Å²) >= 11 is 0. The van der Waals surface area contributed by atoms with Crippen molar-refractivity contribution >= 4 is 25.3 Å². The maximum Gasteiger partial charge on any atom is 0.322 e. The minimum atomic E-state index is -1.19. The molecular formula is C15H12BN3O4. The Morgan fingerprint density at radius 1 is 1.35 bits per heavy atom. The Bertz CT molecular complexity index is 830. The number of aromatic hydroxyl groups is 1. The fraction of sp³-hybridized carbons (Fsp3) is 0.0667. The zero-order chi connectivity index (χ0) is 17.0. The molecule has 0 fully saturated rings. The molecule has 1 aromatic heterocycles. The first-order valence-electron chi connectivity index (χ1n) is 6.63. The Balaban J connectivity index is 2.39. The molecule has 7 nitrogen and oxygen atoms in total. The van der Waals surface area contributed by atoms with Gasteiger partial charge in [0.1, 0.15) is 12.3 Å². The van der Waals surface area contributed by atoms with E-state index in [1.807, 2.05) is 6.07 Å². The normalized spacial score (nSPS) is 9.87. The fourth-order valence-electron chi connectivity index (χ4n) is 2.05. The number of benzene rings is 1. The number of nitrogens with one attached hydrogen (secondary N) is 1. The van der Waals surface area contributed by atoms with Gasteiger partial charge in [0.25, 0.3) is 5.91 Å². The van der Waals surface area contributed by atoms with Crippen LogP contribution in [0.1, 0.15) is 16.1 Å². The number of nitrogens with zero attached hydrogens (tertiary/aromatic N) is 2. The Hall–Kier alpha value is -3.34. The van der Waals surface area contributed by atoms with Gasteiger partial charge in [0.2, 0.25) is 0 Å². The molecule has 1 aromatic carbocycles. The predicted octanol–water partition coefficient (Wildman–Crippen LogP) is -0.601. The lowest BCUT2D eigenvalue weighted by molar-refractivity contribution is -0.135.